The molecule has 0 saturated heterocycles. The van der Waals surface area contributed by atoms with Crippen molar-refractivity contribution in [2.45, 2.75) is 13.5 Å². The van der Waals surface area contributed by atoms with Crippen LogP contribution < -0.4 is 10.9 Å². The molecule has 0 spiro atoms. The van der Waals surface area contributed by atoms with Crippen LogP contribution in [0.5, 0.6) is 0 Å². The van der Waals surface area contributed by atoms with Gasteiger partial charge in [0.15, 0.2) is 10.9 Å². The van der Waals surface area contributed by atoms with Crippen LogP contribution in [-0.2, 0) is 6.54 Å². The number of nitrogens with zero attached hydrogens (tertiary/aromatic N) is 1. The third-order valence-electron chi connectivity index (χ3n) is 6.88. The molecule has 0 bridgehead atoms. The van der Waals surface area contributed by atoms with E-state index in [0.717, 1.165) is 71.4 Å². The number of fused-ring (bicyclic) bond motifs is 10. The SMILES string of the molecule is CCn1c2cc3c(cc2c2c4c(ccc21)c(=O)c1ccccc14)c(=O)c1ccccc13. The maximum atomic E-state index is 13.2. The molecular formula is C28H17NO2. The van der Waals surface area contributed by atoms with E-state index >= 15 is 0 Å². The van der Waals surface area contributed by atoms with Crippen LogP contribution in [0.15, 0.2) is 82.4 Å². The highest BCUT2D eigenvalue weighted by Gasteiger charge is 2.20. The van der Waals surface area contributed by atoms with Crippen LogP contribution >= 0.6 is 0 Å². The van der Waals surface area contributed by atoms with Gasteiger partial charge in [-0.1, -0.05) is 48.5 Å². The van der Waals surface area contributed by atoms with E-state index < -0.39 is 0 Å². The van der Waals surface area contributed by atoms with Crippen molar-refractivity contribution >= 4 is 64.9 Å². The van der Waals surface area contributed by atoms with E-state index in [4.69, 9.17) is 0 Å². The zero-order chi connectivity index (χ0) is 20.9. The number of rotatable bonds is 1. The van der Waals surface area contributed by atoms with Crippen LogP contribution in [0, 0.1) is 0 Å². The summed E-state index contributed by atoms with van der Waals surface area (Å²) in [5.41, 5.74) is 2.36. The fourth-order valence-corrected chi connectivity index (χ4v) is 5.56. The summed E-state index contributed by atoms with van der Waals surface area (Å²) in [6.45, 7) is 2.94. The summed E-state index contributed by atoms with van der Waals surface area (Å²) >= 11 is 0. The van der Waals surface area contributed by atoms with Crippen LogP contribution in [0.1, 0.15) is 6.92 Å². The van der Waals surface area contributed by atoms with Gasteiger partial charge < -0.3 is 4.57 Å². The van der Waals surface area contributed by atoms with Crippen molar-refractivity contribution in [2.24, 2.45) is 0 Å². The minimum Gasteiger partial charge on any atom is -0.341 e. The molecule has 146 valence electrons. The van der Waals surface area contributed by atoms with Crippen LogP contribution in [0.3, 0.4) is 0 Å². The Kier molecular flexibility index (Phi) is 3.02. The third kappa shape index (κ3) is 1.89. The molecule has 7 aromatic rings. The second-order valence-electron chi connectivity index (χ2n) is 8.29. The second kappa shape index (κ2) is 5.58. The highest BCUT2D eigenvalue weighted by Crippen LogP contribution is 2.40. The molecule has 0 aliphatic rings. The quantitative estimate of drug-likeness (QED) is 0.338. The van der Waals surface area contributed by atoms with Gasteiger partial charge in [0, 0.05) is 55.3 Å². The van der Waals surface area contributed by atoms with Gasteiger partial charge in [-0.25, -0.2) is 0 Å². The van der Waals surface area contributed by atoms with E-state index in [1.807, 2.05) is 60.7 Å². The van der Waals surface area contributed by atoms with Crippen LogP contribution in [-0.4, -0.2) is 4.57 Å². The third-order valence-corrected chi connectivity index (χ3v) is 6.88. The van der Waals surface area contributed by atoms with Crippen molar-refractivity contribution in [3.63, 3.8) is 0 Å². The first-order valence-electron chi connectivity index (χ1n) is 10.6. The fraction of sp³-hybridized carbons (Fsp3) is 0.0714. The van der Waals surface area contributed by atoms with E-state index in [9.17, 15) is 9.59 Å². The summed E-state index contributed by atoms with van der Waals surface area (Å²) in [5, 5.41) is 9.11. The van der Waals surface area contributed by atoms with Gasteiger partial charge in [0.25, 0.3) is 0 Å². The van der Waals surface area contributed by atoms with E-state index in [2.05, 4.69) is 23.6 Å². The summed E-state index contributed by atoms with van der Waals surface area (Å²) in [5.74, 6) is 0. The molecule has 31 heavy (non-hydrogen) atoms. The van der Waals surface area contributed by atoms with Gasteiger partial charge in [-0.3, -0.25) is 9.59 Å². The molecule has 0 fully saturated rings. The van der Waals surface area contributed by atoms with Crippen LogP contribution in [0.25, 0.3) is 64.9 Å². The Bertz CT molecular complexity index is 1960. The number of aryl methyl sites for hydroxylation is 1. The highest BCUT2D eigenvalue weighted by molar-refractivity contribution is 6.31. The van der Waals surface area contributed by atoms with Gasteiger partial charge in [0.05, 0.1) is 0 Å². The first kappa shape index (κ1) is 16.8. The summed E-state index contributed by atoms with van der Waals surface area (Å²) in [6.07, 6.45) is 0. The lowest BCUT2D eigenvalue weighted by Crippen LogP contribution is -1.95. The van der Waals surface area contributed by atoms with Gasteiger partial charge >= 0.3 is 0 Å². The van der Waals surface area contributed by atoms with Crippen molar-refractivity contribution in [2.75, 3.05) is 0 Å². The molecule has 0 unspecified atom stereocenters. The summed E-state index contributed by atoms with van der Waals surface area (Å²) < 4.78 is 2.29. The maximum Gasteiger partial charge on any atom is 0.194 e. The predicted octanol–water partition coefficient (Wildman–Crippen LogP) is 6.02. The number of aromatic nitrogens is 1. The lowest BCUT2D eigenvalue weighted by atomic mass is 10.0. The van der Waals surface area contributed by atoms with E-state index in [1.165, 1.54) is 0 Å². The average Bonchev–Trinajstić information content (AvgIpc) is 3.39. The molecule has 1 heterocycles. The molecule has 0 amide bonds. The molecule has 3 nitrogen and oxygen atoms in total. The van der Waals surface area contributed by atoms with Gasteiger partial charge in [-0.15, -0.1) is 0 Å². The highest BCUT2D eigenvalue weighted by atomic mass is 16.1. The van der Waals surface area contributed by atoms with Crippen molar-refractivity contribution in [1.82, 2.24) is 4.57 Å². The standard InChI is InChI=1S/C28H17NO2/c1-2-29-23-12-11-19-25(16-8-4-6-10-18(16)27(19)30)26(23)22-13-21-20(14-24(22)29)15-7-3-5-9-17(15)28(21)31/h3-14H,2H2,1H3. The summed E-state index contributed by atoms with van der Waals surface area (Å²) in [6, 6.07) is 23.9. The normalized spacial score (nSPS) is 12.4. The zero-order valence-electron chi connectivity index (χ0n) is 16.9. The summed E-state index contributed by atoms with van der Waals surface area (Å²) in [4.78, 5) is 26.2. The van der Waals surface area contributed by atoms with Crippen molar-refractivity contribution in [3.8, 4) is 0 Å². The number of hydrogen-bond acceptors (Lipinski definition) is 2. The Labute approximate surface area is 176 Å². The van der Waals surface area contributed by atoms with Gasteiger partial charge in [0.1, 0.15) is 0 Å². The van der Waals surface area contributed by atoms with Crippen molar-refractivity contribution in [3.05, 3.63) is 93.2 Å². The van der Waals surface area contributed by atoms with Gasteiger partial charge in [-0.2, -0.15) is 0 Å². The van der Waals surface area contributed by atoms with Crippen molar-refractivity contribution in [1.29, 1.82) is 0 Å². The molecule has 0 aliphatic carbocycles. The molecular weight excluding hydrogens is 382 g/mol. The lowest BCUT2D eigenvalue weighted by molar-refractivity contribution is 0.828. The number of benzene rings is 4. The van der Waals surface area contributed by atoms with E-state index in [1.54, 1.807) is 0 Å². The summed E-state index contributed by atoms with van der Waals surface area (Å²) in [7, 11) is 0. The molecule has 6 aromatic carbocycles. The first-order valence-corrected chi connectivity index (χ1v) is 10.6. The Balaban J connectivity index is 1.83. The molecule has 3 heteroatoms. The Morgan fingerprint density at radius 2 is 1.19 bits per heavy atom. The molecule has 0 N–H and O–H groups in total. The maximum absolute atomic E-state index is 13.2. The van der Waals surface area contributed by atoms with Crippen molar-refractivity contribution < 1.29 is 0 Å². The Morgan fingerprint density at radius 3 is 1.94 bits per heavy atom. The van der Waals surface area contributed by atoms with Crippen LogP contribution in [0.2, 0.25) is 0 Å². The predicted molar refractivity (Wildman–Crippen MR) is 130 cm³/mol. The smallest absolute Gasteiger partial charge is 0.194 e. The molecule has 7 rings (SSSR count). The fourth-order valence-electron chi connectivity index (χ4n) is 5.56. The molecule has 0 aliphatic heterocycles. The Hall–Kier alpha value is -3.98. The van der Waals surface area contributed by atoms with Gasteiger partial charge in [0.2, 0.25) is 0 Å². The largest absolute Gasteiger partial charge is 0.341 e. The second-order valence-corrected chi connectivity index (χ2v) is 8.29. The van der Waals surface area contributed by atoms with E-state index in [0.29, 0.717) is 0 Å². The topological polar surface area (TPSA) is 39.1 Å². The zero-order valence-corrected chi connectivity index (χ0v) is 16.9. The minimum atomic E-state index is 0.0777. The van der Waals surface area contributed by atoms with Gasteiger partial charge in [-0.05, 0) is 47.3 Å². The van der Waals surface area contributed by atoms with Crippen LogP contribution in [0.4, 0.5) is 0 Å². The Morgan fingerprint density at radius 1 is 0.548 bits per heavy atom. The number of hydrogen-bond donors (Lipinski definition) is 0. The minimum absolute atomic E-state index is 0.0777. The molecule has 0 saturated carbocycles. The molecule has 0 radical (unpaired) electrons. The molecule has 0 atom stereocenters. The monoisotopic (exact) mass is 399 g/mol. The lowest BCUT2D eigenvalue weighted by Gasteiger charge is -2.03. The molecule has 1 aromatic heterocycles. The first-order chi connectivity index (χ1) is 15.2. The van der Waals surface area contributed by atoms with E-state index in [-0.39, 0.29) is 10.9 Å². The average molecular weight is 399 g/mol.